The fourth-order valence-corrected chi connectivity index (χ4v) is 4.44. The van der Waals surface area contributed by atoms with Crippen molar-refractivity contribution in [3.63, 3.8) is 0 Å². The van der Waals surface area contributed by atoms with Crippen LogP contribution < -0.4 is 19.2 Å². The molecule has 1 aromatic heterocycles. The van der Waals surface area contributed by atoms with Gasteiger partial charge in [0.15, 0.2) is 11.5 Å². The molecule has 4 rings (SSSR count). The van der Waals surface area contributed by atoms with Crippen LogP contribution in [0.15, 0.2) is 82.9 Å². The van der Waals surface area contributed by atoms with E-state index in [0.717, 1.165) is 4.31 Å². The van der Waals surface area contributed by atoms with Gasteiger partial charge in [0.05, 0.1) is 11.1 Å². The number of aromatic nitrogens is 1. The normalized spacial score (nSPS) is 13.0. The van der Waals surface area contributed by atoms with Crippen molar-refractivity contribution in [2.45, 2.75) is 4.90 Å². The summed E-state index contributed by atoms with van der Waals surface area (Å²) < 4.78 is 38.4. The van der Waals surface area contributed by atoms with Gasteiger partial charge in [-0.15, -0.1) is 0 Å². The Hall–Kier alpha value is -3.92. The molecule has 0 atom stereocenters. The second kappa shape index (κ2) is 9.48. The first-order valence-electron chi connectivity index (χ1n) is 9.75. The van der Waals surface area contributed by atoms with Crippen molar-refractivity contribution in [1.29, 1.82) is 0 Å². The first-order valence-corrected chi connectivity index (χ1v) is 11.2. The van der Waals surface area contributed by atoms with Gasteiger partial charge in [0.2, 0.25) is 0 Å². The summed E-state index contributed by atoms with van der Waals surface area (Å²) in [5, 5.41) is 3.95. The lowest BCUT2D eigenvalue weighted by molar-refractivity contribution is -0.119. The average molecular weight is 452 g/mol. The minimum atomic E-state index is -4.02. The number of amides is 1. The first-order chi connectivity index (χ1) is 15.6. The van der Waals surface area contributed by atoms with Crippen molar-refractivity contribution in [3.05, 3.63) is 78.5 Å². The number of para-hydroxylation sites is 1. The van der Waals surface area contributed by atoms with Crippen LogP contribution in [0.4, 0.5) is 5.82 Å². The maximum atomic E-state index is 13.2. The van der Waals surface area contributed by atoms with E-state index < -0.39 is 22.5 Å². The molecule has 0 saturated carbocycles. The second-order valence-corrected chi connectivity index (χ2v) is 8.54. The maximum absolute atomic E-state index is 13.2. The Morgan fingerprint density at radius 3 is 2.59 bits per heavy atom. The molecule has 0 unspecified atom stereocenters. The van der Waals surface area contributed by atoms with E-state index in [1.54, 1.807) is 48.5 Å². The molecule has 0 radical (unpaired) electrons. The van der Waals surface area contributed by atoms with E-state index in [2.05, 4.69) is 15.5 Å². The molecule has 164 valence electrons. The van der Waals surface area contributed by atoms with E-state index in [1.807, 2.05) is 0 Å². The first kappa shape index (κ1) is 21.3. The number of ether oxygens (including phenoxy) is 2. The van der Waals surface area contributed by atoms with Crippen LogP contribution >= 0.6 is 0 Å². The number of fused-ring (bicyclic) bond motifs is 1. The van der Waals surface area contributed by atoms with Gasteiger partial charge in [-0.05, 0) is 36.4 Å². The molecule has 1 aliphatic heterocycles. The molecule has 0 spiro atoms. The fraction of sp³-hybridized carbons (Fsp3) is 0.136. The molecule has 1 amide bonds. The summed E-state index contributed by atoms with van der Waals surface area (Å²) in [5.41, 5.74) is 2.99. The highest BCUT2D eigenvalue weighted by Gasteiger charge is 2.27. The van der Waals surface area contributed by atoms with Crippen molar-refractivity contribution < 1.29 is 22.7 Å². The smallest absolute Gasteiger partial charge is 0.265 e. The Balaban J connectivity index is 1.52. The van der Waals surface area contributed by atoms with Crippen LogP contribution in [0, 0.1) is 0 Å². The summed E-state index contributed by atoms with van der Waals surface area (Å²) in [6.07, 6.45) is 2.88. The molecular formula is C22H20N4O5S. The molecule has 0 saturated heterocycles. The summed E-state index contributed by atoms with van der Waals surface area (Å²) in [7, 11) is -4.02. The lowest BCUT2D eigenvalue weighted by Crippen LogP contribution is -2.40. The zero-order chi connectivity index (χ0) is 22.4. The average Bonchev–Trinajstić information content (AvgIpc) is 2.84. The van der Waals surface area contributed by atoms with E-state index in [9.17, 15) is 13.2 Å². The predicted octanol–water partition coefficient (Wildman–Crippen LogP) is 2.20. The number of anilines is 1. The van der Waals surface area contributed by atoms with Gasteiger partial charge >= 0.3 is 0 Å². The third-order valence-corrected chi connectivity index (χ3v) is 6.28. The zero-order valence-corrected chi connectivity index (χ0v) is 17.7. The standard InChI is InChI=1S/C22H20N4O5S/c27-21(25-24-15-17-7-6-10-19-22(17)31-14-13-30-19)16-26(20-11-4-5-12-23-20)32(28,29)18-8-2-1-3-9-18/h1-12,15H,13-14,16H2,(H,25,27)/b24-15+. The summed E-state index contributed by atoms with van der Waals surface area (Å²) in [6, 6.07) is 18.0. The van der Waals surface area contributed by atoms with Crippen LogP contribution in [0.25, 0.3) is 0 Å². The van der Waals surface area contributed by atoms with Gasteiger partial charge < -0.3 is 9.47 Å². The third-order valence-electron chi connectivity index (χ3n) is 4.51. The molecule has 0 bridgehead atoms. The second-order valence-electron chi connectivity index (χ2n) is 6.68. The van der Waals surface area contributed by atoms with Crippen LogP contribution in [0.1, 0.15) is 5.56 Å². The minimum absolute atomic E-state index is 0.0509. The molecular weight excluding hydrogens is 432 g/mol. The number of nitrogens with zero attached hydrogens (tertiary/aromatic N) is 3. The van der Waals surface area contributed by atoms with Crippen LogP contribution in [-0.4, -0.2) is 45.3 Å². The molecule has 2 heterocycles. The highest BCUT2D eigenvalue weighted by molar-refractivity contribution is 7.92. The van der Waals surface area contributed by atoms with Crippen LogP contribution in [-0.2, 0) is 14.8 Å². The van der Waals surface area contributed by atoms with Crippen molar-refractivity contribution in [2.24, 2.45) is 5.10 Å². The number of benzene rings is 2. The van der Waals surface area contributed by atoms with Gasteiger partial charge in [-0.3, -0.25) is 4.79 Å². The van der Waals surface area contributed by atoms with E-state index in [1.165, 1.54) is 30.6 Å². The molecule has 2 aromatic carbocycles. The van der Waals surface area contributed by atoms with Gasteiger partial charge in [0.25, 0.3) is 15.9 Å². The molecule has 3 aromatic rings. The Labute approximate surface area is 185 Å². The summed E-state index contributed by atoms with van der Waals surface area (Å²) in [6.45, 7) is 0.377. The Kier molecular flexibility index (Phi) is 6.31. The molecule has 0 fully saturated rings. The Morgan fingerprint density at radius 1 is 1.03 bits per heavy atom. The SMILES string of the molecule is O=C(CN(c1ccccn1)S(=O)(=O)c1ccccc1)N/N=C/c1cccc2c1OCCO2. The van der Waals surface area contributed by atoms with Crippen LogP contribution in [0.3, 0.4) is 0 Å². The lowest BCUT2D eigenvalue weighted by atomic mass is 10.2. The van der Waals surface area contributed by atoms with Crippen molar-refractivity contribution >= 4 is 28.0 Å². The van der Waals surface area contributed by atoms with Crippen molar-refractivity contribution in [2.75, 3.05) is 24.1 Å². The van der Waals surface area contributed by atoms with Gasteiger partial charge in [0.1, 0.15) is 25.6 Å². The number of rotatable bonds is 7. The number of carbonyl (C=O) groups is 1. The number of hydrogen-bond donors (Lipinski definition) is 1. The van der Waals surface area contributed by atoms with E-state index >= 15 is 0 Å². The number of pyridine rings is 1. The summed E-state index contributed by atoms with van der Waals surface area (Å²) >= 11 is 0. The molecule has 10 heteroatoms. The number of nitrogens with one attached hydrogen (secondary N) is 1. The molecule has 1 aliphatic rings. The molecule has 32 heavy (non-hydrogen) atoms. The fourth-order valence-electron chi connectivity index (χ4n) is 3.05. The number of hydrogen-bond acceptors (Lipinski definition) is 7. The van der Waals surface area contributed by atoms with Gasteiger partial charge in [-0.2, -0.15) is 5.10 Å². The number of hydrazone groups is 1. The highest BCUT2D eigenvalue weighted by Crippen LogP contribution is 2.32. The maximum Gasteiger partial charge on any atom is 0.265 e. The van der Waals surface area contributed by atoms with E-state index in [-0.39, 0.29) is 10.7 Å². The van der Waals surface area contributed by atoms with E-state index in [4.69, 9.17) is 9.47 Å². The molecule has 9 nitrogen and oxygen atoms in total. The summed E-state index contributed by atoms with van der Waals surface area (Å²) in [5.74, 6) is 0.631. The lowest BCUT2D eigenvalue weighted by Gasteiger charge is -2.22. The Morgan fingerprint density at radius 2 is 1.81 bits per heavy atom. The largest absolute Gasteiger partial charge is 0.486 e. The number of sulfonamides is 1. The van der Waals surface area contributed by atoms with Gasteiger partial charge in [-0.25, -0.2) is 23.1 Å². The third kappa shape index (κ3) is 4.70. The number of carbonyl (C=O) groups excluding carboxylic acids is 1. The monoisotopic (exact) mass is 452 g/mol. The topological polar surface area (TPSA) is 110 Å². The summed E-state index contributed by atoms with van der Waals surface area (Å²) in [4.78, 5) is 16.7. The van der Waals surface area contributed by atoms with Crippen molar-refractivity contribution in [1.82, 2.24) is 10.4 Å². The molecule has 1 N–H and O–H groups in total. The van der Waals surface area contributed by atoms with Gasteiger partial charge in [-0.1, -0.05) is 30.3 Å². The molecule has 0 aliphatic carbocycles. The predicted molar refractivity (Wildman–Crippen MR) is 118 cm³/mol. The van der Waals surface area contributed by atoms with Gasteiger partial charge in [0, 0.05) is 11.8 Å². The van der Waals surface area contributed by atoms with Crippen LogP contribution in [0.2, 0.25) is 0 Å². The highest BCUT2D eigenvalue weighted by atomic mass is 32.2. The Bertz CT molecular complexity index is 1220. The zero-order valence-electron chi connectivity index (χ0n) is 16.9. The van der Waals surface area contributed by atoms with Crippen molar-refractivity contribution in [3.8, 4) is 11.5 Å². The quantitative estimate of drug-likeness (QED) is 0.435. The van der Waals surface area contributed by atoms with Crippen LogP contribution in [0.5, 0.6) is 11.5 Å². The van der Waals surface area contributed by atoms with E-state index in [0.29, 0.717) is 30.3 Å². The minimum Gasteiger partial charge on any atom is -0.486 e.